The van der Waals surface area contributed by atoms with E-state index >= 15 is 0 Å². The van der Waals surface area contributed by atoms with Crippen LogP contribution < -0.4 is 11.1 Å². The molecular weight excluding hydrogens is 152 g/mol. The number of hydrogen-bond acceptors (Lipinski definition) is 3. The fourth-order valence-corrected chi connectivity index (χ4v) is 0.823. The monoisotopic (exact) mass is 174 g/mol. The zero-order valence-corrected chi connectivity index (χ0v) is 8.31. The molecule has 3 nitrogen and oxygen atoms in total. The average molecular weight is 174 g/mol. The van der Waals surface area contributed by atoms with Crippen LogP contribution in [-0.2, 0) is 4.74 Å². The lowest BCUT2D eigenvalue weighted by Gasteiger charge is -2.09. The summed E-state index contributed by atoms with van der Waals surface area (Å²) in [6, 6.07) is 0. The van der Waals surface area contributed by atoms with Gasteiger partial charge in [0, 0.05) is 13.1 Å². The fourth-order valence-electron chi connectivity index (χ4n) is 0.823. The van der Waals surface area contributed by atoms with Gasteiger partial charge in [0.25, 0.3) is 0 Å². The van der Waals surface area contributed by atoms with Crippen LogP contribution >= 0.6 is 0 Å². The van der Waals surface area contributed by atoms with E-state index in [0.717, 1.165) is 25.6 Å². The summed E-state index contributed by atoms with van der Waals surface area (Å²) in [5.41, 5.74) is 5.27. The molecule has 0 aromatic heterocycles. The molecule has 0 spiro atoms. The highest BCUT2D eigenvalue weighted by molar-refractivity contribution is 4.53. The molecule has 3 heteroatoms. The predicted molar refractivity (Wildman–Crippen MR) is 52.2 cm³/mol. The van der Waals surface area contributed by atoms with E-state index < -0.39 is 0 Å². The molecule has 0 rings (SSSR count). The molecular formula is C9H22N2O. The van der Waals surface area contributed by atoms with Crippen molar-refractivity contribution in [1.82, 2.24) is 5.32 Å². The molecule has 0 aliphatic rings. The summed E-state index contributed by atoms with van der Waals surface area (Å²) in [4.78, 5) is 0. The summed E-state index contributed by atoms with van der Waals surface area (Å²) in [5, 5.41) is 3.33. The van der Waals surface area contributed by atoms with Crippen molar-refractivity contribution in [3.8, 4) is 0 Å². The molecule has 0 amide bonds. The molecule has 0 saturated heterocycles. The van der Waals surface area contributed by atoms with Gasteiger partial charge in [-0.1, -0.05) is 20.3 Å². The highest BCUT2D eigenvalue weighted by Crippen LogP contribution is 1.96. The zero-order valence-electron chi connectivity index (χ0n) is 8.31. The summed E-state index contributed by atoms with van der Waals surface area (Å²) in [7, 11) is 0. The van der Waals surface area contributed by atoms with Crippen LogP contribution in [0.3, 0.4) is 0 Å². The molecule has 12 heavy (non-hydrogen) atoms. The van der Waals surface area contributed by atoms with E-state index in [2.05, 4.69) is 19.2 Å². The van der Waals surface area contributed by atoms with Gasteiger partial charge in [0.15, 0.2) is 0 Å². The van der Waals surface area contributed by atoms with Gasteiger partial charge in [-0.3, -0.25) is 0 Å². The summed E-state index contributed by atoms with van der Waals surface area (Å²) >= 11 is 0. The second-order valence-corrected chi connectivity index (χ2v) is 3.12. The quantitative estimate of drug-likeness (QED) is 0.530. The van der Waals surface area contributed by atoms with Crippen molar-refractivity contribution in [3.05, 3.63) is 0 Å². The zero-order chi connectivity index (χ0) is 9.23. The Bertz CT molecular complexity index is 88.6. The Balaban J connectivity index is 2.90. The van der Waals surface area contributed by atoms with Gasteiger partial charge in [-0.15, -0.1) is 0 Å². The number of ether oxygens (including phenoxy) is 1. The van der Waals surface area contributed by atoms with Gasteiger partial charge in [0.2, 0.25) is 0 Å². The number of rotatable bonds is 8. The SMILES string of the molecule is CCC(C)CNCCOCCN. The first-order valence-electron chi connectivity index (χ1n) is 4.79. The third-order valence-electron chi connectivity index (χ3n) is 1.88. The van der Waals surface area contributed by atoms with Crippen LogP contribution in [0, 0.1) is 5.92 Å². The molecule has 74 valence electrons. The molecule has 1 atom stereocenters. The Kier molecular flexibility index (Phi) is 8.88. The van der Waals surface area contributed by atoms with Gasteiger partial charge in [-0.25, -0.2) is 0 Å². The van der Waals surface area contributed by atoms with Gasteiger partial charge in [-0.2, -0.15) is 0 Å². The molecule has 0 saturated carbocycles. The van der Waals surface area contributed by atoms with Gasteiger partial charge in [0.05, 0.1) is 13.2 Å². The van der Waals surface area contributed by atoms with E-state index in [0.29, 0.717) is 13.2 Å². The molecule has 3 N–H and O–H groups in total. The lowest BCUT2D eigenvalue weighted by atomic mass is 10.1. The van der Waals surface area contributed by atoms with Crippen LogP contribution in [0.5, 0.6) is 0 Å². The Morgan fingerprint density at radius 1 is 1.42 bits per heavy atom. The Hall–Kier alpha value is -0.120. The number of hydrogen-bond donors (Lipinski definition) is 2. The molecule has 0 aromatic carbocycles. The minimum atomic E-state index is 0.616. The summed E-state index contributed by atoms with van der Waals surface area (Å²) in [6.07, 6.45) is 1.23. The smallest absolute Gasteiger partial charge is 0.0591 e. The summed E-state index contributed by atoms with van der Waals surface area (Å²) < 4.78 is 5.21. The lowest BCUT2D eigenvalue weighted by Crippen LogP contribution is -2.25. The molecule has 0 radical (unpaired) electrons. The molecule has 0 aliphatic carbocycles. The van der Waals surface area contributed by atoms with Crippen molar-refractivity contribution in [1.29, 1.82) is 0 Å². The Labute approximate surface area is 75.7 Å². The van der Waals surface area contributed by atoms with Crippen molar-refractivity contribution in [2.45, 2.75) is 20.3 Å². The molecule has 0 fully saturated rings. The van der Waals surface area contributed by atoms with Crippen LogP contribution in [0.1, 0.15) is 20.3 Å². The van der Waals surface area contributed by atoms with Crippen molar-refractivity contribution in [3.63, 3.8) is 0 Å². The second kappa shape index (κ2) is 8.97. The third kappa shape index (κ3) is 7.98. The molecule has 1 unspecified atom stereocenters. The minimum Gasteiger partial charge on any atom is -0.379 e. The van der Waals surface area contributed by atoms with Gasteiger partial charge in [-0.05, 0) is 12.5 Å². The van der Waals surface area contributed by atoms with E-state index in [9.17, 15) is 0 Å². The van der Waals surface area contributed by atoms with Crippen molar-refractivity contribution >= 4 is 0 Å². The Morgan fingerprint density at radius 3 is 2.75 bits per heavy atom. The maximum absolute atomic E-state index is 5.27. The van der Waals surface area contributed by atoms with E-state index in [1.54, 1.807) is 0 Å². The summed E-state index contributed by atoms with van der Waals surface area (Å²) in [6.45, 7) is 8.53. The molecule has 0 aromatic rings. The molecule has 0 bridgehead atoms. The molecule has 0 aliphatic heterocycles. The standard InChI is InChI=1S/C9H22N2O/c1-3-9(2)8-11-5-7-12-6-4-10/h9,11H,3-8,10H2,1-2H3. The van der Waals surface area contributed by atoms with Gasteiger partial charge < -0.3 is 15.8 Å². The minimum absolute atomic E-state index is 0.616. The van der Waals surface area contributed by atoms with E-state index in [1.165, 1.54) is 6.42 Å². The van der Waals surface area contributed by atoms with Crippen molar-refractivity contribution in [2.24, 2.45) is 11.7 Å². The van der Waals surface area contributed by atoms with Crippen molar-refractivity contribution in [2.75, 3.05) is 32.8 Å². The highest BCUT2D eigenvalue weighted by Gasteiger charge is 1.96. The largest absolute Gasteiger partial charge is 0.379 e. The average Bonchev–Trinajstić information content (AvgIpc) is 2.10. The summed E-state index contributed by atoms with van der Waals surface area (Å²) in [5.74, 6) is 0.763. The van der Waals surface area contributed by atoms with Crippen LogP contribution in [0.4, 0.5) is 0 Å². The van der Waals surface area contributed by atoms with Gasteiger partial charge >= 0.3 is 0 Å². The maximum atomic E-state index is 5.27. The fraction of sp³-hybridized carbons (Fsp3) is 1.00. The van der Waals surface area contributed by atoms with E-state index in [1.807, 2.05) is 0 Å². The normalized spacial score (nSPS) is 13.2. The third-order valence-corrected chi connectivity index (χ3v) is 1.88. The molecule has 0 heterocycles. The van der Waals surface area contributed by atoms with E-state index in [4.69, 9.17) is 10.5 Å². The Morgan fingerprint density at radius 2 is 2.17 bits per heavy atom. The first-order chi connectivity index (χ1) is 5.81. The lowest BCUT2D eigenvalue weighted by molar-refractivity contribution is 0.142. The topological polar surface area (TPSA) is 47.3 Å². The maximum Gasteiger partial charge on any atom is 0.0591 e. The van der Waals surface area contributed by atoms with Gasteiger partial charge in [0.1, 0.15) is 0 Å². The van der Waals surface area contributed by atoms with Crippen molar-refractivity contribution < 1.29 is 4.74 Å². The van der Waals surface area contributed by atoms with Crippen LogP contribution in [0.2, 0.25) is 0 Å². The highest BCUT2D eigenvalue weighted by atomic mass is 16.5. The first kappa shape index (κ1) is 11.9. The number of nitrogens with one attached hydrogen (secondary N) is 1. The van der Waals surface area contributed by atoms with Crippen LogP contribution in [-0.4, -0.2) is 32.8 Å². The first-order valence-corrected chi connectivity index (χ1v) is 4.79. The van der Waals surface area contributed by atoms with E-state index in [-0.39, 0.29) is 0 Å². The van der Waals surface area contributed by atoms with Crippen LogP contribution in [0.15, 0.2) is 0 Å². The number of nitrogens with two attached hydrogens (primary N) is 1. The second-order valence-electron chi connectivity index (χ2n) is 3.12. The predicted octanol–water partition coefficient (Wildman–Crippen LogP) is 0.597. The van der Waals surface area contributed by atoms with Crippen LogP contribution in [0.25, 0.3) is 0 Å².